The average Bonchev–Trinajstić information content (AvgIpc) is 2.39. The SMILES string of the molecule is COCCP(c1cccc(C)c1)c1cccc(C)c1. The van der Waals surface area contributed by atoms with E-state index in [1.54, 1.807) is 7.11 Å². The van der Waals surface area contributed by atoms with Crippen LogP contribution in [0.4, 0.5) is 0 Å². The molecule has 2 aromatic carbocycles. The minimum absolute atomic E-state index is 0.314. The highest BCUT2D eigenvalue weighted by atomic mass is 31.1. The zero-order valence-electron chi connectivity index (χ0n) is 11.9. The second-order valence-corrected chi connectivity index (χ2v) is 7.16. The van der Waals surface area contributed by atoms with E-state index >= 15 is 0 Å². The maximum Gasteiger partial charge on any atom is 0.0507 e. The standard InChI is InChI=1S/C17H21OP/c1-14-6-4-8-16(12-14)19(11-10-18-3)17-9-5-7-15(2)13-17/h4-9,12-13H,10-11H2,1-3H3. The van der Waals surface area contributed by atoms with Crippen molar-refractivity contribution in [2.45, 2.75) is 13.8 Å². The van der Waals surface area contributed by atoms with Crippen LogP contribution in [0.5, 0.6) is 0 Å². The quantitative estimate of drug-likeness (QED) is 0.758. The van der Waals surface area contributed by atoms with E-state index in [9.17, 15) is 0 Å². The molecular weight excluding hydrogens is 251 g/mol. The molecule has 100 valence electrons. The van der Waals surface area contributed by atoms with Crippen LogP contribution in [-0.2, 0) is 4.74 Å². The number of hydrogen-bond donors (Lipinski definition) is 0. The smallest absolute Gasteiger partial charge is 0.0507 e. The van der Waals surface area contributed by atoms with Crippen LogP contribution >= 0.6 is 7.92 Å². The summed E-state index contributed by atoms with van der Waals surface area (Å²) in [5.74, 6) is 0. The molecule has 0 bridgehead atoms. The van der Waals surface area contributed by atoms with Crippen molar-refractivity contribution >= 4 is 18.5 Å². The van der Waals surface area contributed by atoms with E-state index in [2.05, 4.69) is 62.4 Å². The summed E-state index contributed by atoms with van der Waals surface area (Å²) in [7, 11) is 1.46. The van der Waals surface area contributed by atoms with E-state index < -0.39 is 0 Å². The molecule has 2 aromatic rings. The highest BCUT2D eigenvalue weighted by molar-refractivity contribution is 7.73. The molecule has 0 saturated carbocycles. The first-order valence-electron chi connectivity index (χ1n) is 6.60. The normalized spacial score (nSPS) is 10.9. The van der Waals surface area contributed by atoms with Crippen molar-refractivity contribution < 1.29 is 4.74 Å². The number of methoxy groups -OCH3 is 1. The van der Waals surface area contributed by atoms with E-state index in [0.29, 0.717) is 0 Å². The van der Waals surface area contributed by atoms with Gasteiger partial charge in [-0.1, -0.05) is 59.7 Å². The van der Waals surface area contributed by atoms with Crippen LogP contribution < -0.4 is 10.6 Å². The van der Waals surface area contributed by atoms with Crippen molar-refractivity contribution in [3.8, 4) is 0 Å². The maximum absolute atomic E-state index is 5.29. The van der Waals surface area contributed by atoms with E-state index in [4.69, 9.17) is 4.74 Å². The van der Waals surface area contributed by atoms with Gasteiger partial charge in [0.25, 0.3) is 0 Å². The molecule has 0 fully saturated rings. The molecule has 0 unspecified atom stereocenters. The van der Waals surface area contributed by atoms with Gasteiger partial charge in [-0.25, -0.2) is 0 Å². The summed E-state index contributed by atoms with van der Waals surface area (Å²) in [5, 5.41) is 2.88. The van der Waals surface area contributed by atoms with Gasteiger partial charge < -0.3 is 4.74 Å². The summed E-state index contributed by atoms with van der Waals surface area (Å²) < 4.78 is 5.29. The second-order valence-electron chi connectivity index (χ2n) is 4.82. The van der Waals surface area contributed by atoms with Crippen LogP contribution in [0.3, 0.4) is 0 Å². The predicted octanol–water partition coefficient (Wildman–Crippen LogP) is 3.38. The summed E-state index contributed by atoms with van der Waals surface area (Å²) in [6.45, 7) is 5.13. The lowest BCUT2D eigenvalue weighted by Crippen LogP contribution is -2.16. The molecule has 0 aliphatic carbocycles. The van der Waals surface area contributed by atoms with Gasteiger partial charge in [0, 0.05) is 7.11 Å². The molecule has 0 aliphatic rings. The highest BCUT2D eigenvalue weighted by Gasteiger charge is 2.13. The Morgan fingerprint density at radius 2 is 1.42 bits per heavy atom. The van der Waals surface area contributed by atoms with Gasteiger partial charge in [0.15, 0.2) is 0 Å². The lowest BCUT2D eigenvalue weighted by Gasteiger charge is -2.19. The van der Waals surface area contributed by atoms with E-state index in [-0.39, 0.29) is 7.92 Å². The fourth-order valence-electron chi connectivity index (χ4n) is 2.18. The molecule has 0 amide bonds. The van der Waals surface area contributed by atoms with Gasteiger partial charge in [-0.15, -0.1) is 0 Å². The second kappa shape index (κ2) is 6.84. The van der Waals surface area contributed by atoms with Gasteiger partial charge in [-0.2, -0.15) is 0 Å². The molecule has 0 saturated heterocycles. The summed E-state index contributed by atoms with van der Waals surface area (Å²) in [6.07, 6.45) is 1.08. The molecule has 0 spiro atoms. The topological polar surface area (TPSA) is 9.23 Å². The summed E-state index contributed by atoms with van der Waals surface area (Å²) in [4.78, 5) is 0. The lowest BCUT2D eigenvalue weighted by atomic mass is 10.2. The van der Waals surface area contributed by atoms with E-state index in [1.807, 2.05) is 0 Å². The van der Waals surface area contributed by atoms with Crippen LogP contribution in [0.1, 0.15) is 11.1 Å². The van der Waals surface area contributed by atoms with Gasteiger partial charge in [-0.05, 0) is 38.5 Å². The van der Waals surface area contributed by atoms with Crippen molar-refractivity contribution in [2.75, 3.05) is 19.9 Å². The van der Waals surface area contributed by atoms with Crippen molar-refractivity contribution in [3.63, 3.8) is 0 Å². The molecular formula is C17H21OP. The maximum atomic E-state index is 5.29. The molecule has 0 aromatic heterocycles. The Bertz CT molecular complexity index is 491. The molecule has 19 heavy (non-hydrogen) atoms. The van der Waals surface area contributed by atoms with Gasteiger partial charge in [0.1, 0.15) is 0 Å². The van der Waals surface area contributed by atoms with Crippen LogP contribution in [0.2, 0.25) is 0 Å². The average molecular weight is 272 g/mol. The largest absolute Gasteiger partial charge is 0.384 e. The van der Waals surface area contributed by atoms with Crippen LogP contribution in [0.25, 0.3) is 0 Å². The fraction of sp³-hybridized carbons (Fsp3) is 0.294. The number of hydrogen-bond acceptors (Lipinski definition) is 1. The first kappa shape index (κ1) is 14.2. The van der Waals surface area contributed by atoms with Crippen molar-refractivity contribution in [1.29, 1.82) is 0 Å². The predicted molar refractivity (Wildman–Crippen MR) is 85.3 cm³/mol. The van der Waals surface area contributed by atoms with Crippen molar-refractivity contribution in [3.05, 3.63) is 59.7 Å². The molecule has 2 rings (SSSR count). The monoisotopic (exact) mass is 272 g/mol. The third-order valence-electron chi connectivity index (χ3n) is 3.15. The number of benzene rings is 2. The third kappa shape index (κ3) is 3.89. The first-order valence-corrected chi connectivity index (χ1v) is 8.13. The molecule has 0 aliphatic heterocycles. The third-order valence-corrected chi connectivity index (χ3v) is 5.58. The van der Waals surface area contributed by atoms with Crippen LogP contribution in [0, 0.1) is 13.8 Å². The molecule has 0 heterocycles. The Hall–Kier alpha value is -1.17. The Labute approximate surface area is 117 Å². The molecule has 1 nitrogen and oxygen atoms in total. The first-order chi connectivity index (χ1) is 9.20. The fourth-order valence-corrected chi connectivity index (χ4v) is 4.61. The summed E-state index contributed by atoms with van der Waals surface area (Å²) >= 11 is 0. The zero-order valence-corrected chi connectivity index (χ0v) is 12.8. The van der Waals surface area contributed by atoms with E-state index in [0.717, 1.165) is 12.8 Å². The summed E-state index contributed by atoms with van der Waals surface area (Å²) in [6, 6.07) is 17.7. The van der Waals surface area contributed by atoms with Crippen molar-refractivity contribution in [2.24, 2.45) is 0 Å². The Balaban J connectivity index is 2.35. The number of aryl methyl sites for hydroxylation is 2. The van der Waals surface area contributed by atoms with Gasteiger partial charge >= 0.3 is 0 Å². The number of rotatable bonds is 5. The van der Waals surface area contributed by atoms with E-state index in [1.165, 1.54) is 21.7 Å². The minimum atomic E-state index is -0.314. The lowest BCUT2D eigenvalue weighted by molar-refractivity contribution is 0.218. The molecule has 0 radical (unpaired) electrons. The minimum Gasteiger partial charge on any atom is -0.384 e. The van der Waals surface area contributed by atoms with Gasteiger partial charge in [-0.3, -0.25) is 0 Å². The molecule has 2 heteroatoms. The Morgan fingerprint density at radius 1 is 0.895 bits per heavy atom. The zero-order chi connectivity index (χ0) is 13.7. The Kier molecular flexibility index (Phi) is 5.13. The number of ether oxygens (including phenoxy) is 1. The van der Waals surface area contributed by atoms with Gasteiger partial charge in [0.2, 0.25) is 0 Å². The van der Waals surface area contributed by atoms with Gasteiger partial charge in [0.05, 0.1) is 6.61 Å². The van der Waals surface area contributed by atoms with Crippen molar-refractivity contribution in [1.82, 2.24) is 0 Å². The van der Waals surface area contributed by atoms with Crippen LogP contribution in [0.15, 0.2) is 48.5 Å². The highest BCUT2D eigenvalue weighted by Crippen LogP contribution is 2.33. The Morgan fingerprint density at radius 3 is 1.84 bits per heavy atom. The molecule has 0 atom stereocenters. The van der Waals surface area contributed by atoms with Crippen LogP contribution in [-0.4, -0.2) is 19.9 Å². The summed E-state index contributed by atoms with van der Waals surface area (Å²) in [5.41, 5.74) is 2.66. The molecule has 0 N–H and O–H groups in total.